The molecule has 3 rings (SSSR count). The minimum absolute atomic E-state index is 0.0983. The molecule has 1 aromatic carbocycles. The van der Waals surface area contributed by atoms with Gasteiger partial charge in [0.2, 0.25) is 0 Å². The van der Waals surface area contributed by atoms with E-state index in [4.69, 9.17) is 4.74 Å². The van der Waals surface area contributed by atoms with E-state index in [9.17, 15) is 5.11 Å². The van der Waals surface area contributed by atoms with E-state index in [1.807, 2.05) is 48.1 Å². The molecule has 0 spiro atoms. The minimum Gasteiger partial charge on any atom is -0.390 e. The molecule has 1 aliphatic rings. The summed E-state index contributed by atoms with van der Waals surface area (Å²) in [6, 6.07) is 12.1. The summed E-state index contributed by atoms with van der Waals surface area (Å²) in [6.07, 6.45) is 4.22. The van der Waals surface area contributed by atoms with Gasteiger partial charge in [-0.1, -0.05) is 30.3 Å². The summed E-state index contributed by atoms with van der Waals surface area (Å²) >= 11 is 0. The summed E-state index contributed by atoms with van der Waals surface area (Å²) < 4.78 is 7.82. The van der Waals surface area contributed by atoms with Gasteiger partial charge in [0, 0.05) is 24.9 Å². The van der Waals surface area contributed by atoms with Crippen molar-refractivity contribution < 1.29 is 9.84 Å². The number of aliphatic hydroxyl groups excluding tert-OH is 1. The number of ether oxygens (including phenoxy) is 1. The standard InChI is InChI=1S/C17H22N2O2/c1-19-15(10-11-18-19)14-8-5-9-16(17(14)20)21-12-13-6-3-2-4-7-13/h2-4,6-7,10-11,14,16-17,20H,5,8-9,12H2,1H3. The van der Waals surface area contributed by atoms with Gasteiger partial charge in [-0.05, 0) is 30.9 Å². The monoisotopic (exact) mass is 286 g/mol. The number of benzene rings is 1. The second-order valence-corrected chi connectivity index (χ2v) is 5.74. The van der Waals surface area contributed by atoms with Crippen molar-refractivity contribution in [2.75, 3.05) is 0 Å². The maximum Gasteiger partial charge on any atom is 0.0885 e. The Morgan fingerprint density at radius 2 is 2.05 bits per heavy atom. The summed E-state index contributed by atoms with van der Waals surface area (Å²) in [7, 11) is 1.93. The zero-order valence-corrected chi connectivity index (χ0v) is 12.4. The van der Waals surface area contributed by atoms with Crippen LogP contribution < -0.4 is 0 Å². The first-order chi connectivity index (χ1) is 10.3. The number of aliphatic hydroxyl groups is 1. The Bertz CT molecular complexity index is 567. The average Bonchev–Trinajstić information content (AvgIpc) is 2.93. The van der Waals surface area contributed by atoms with Gasteiger partial charge in [-0.3, -0.25) is 4.68 Å². The van der Waals surface area contributed by atoms with Crippen molar-refractivity contribution in [1.29, 1.82) is 0 Å². The van der Waals surface area contributed by atoms with Gasteiger partial charge >= 0.3 is 0 Å². The van der Waals surface area contributed by atoms with E-state index in [1.54, 1.807) is 6.20 Å². The van der Waals surface area contributed by atoms with Gasteiger partial charge in [-0.25, -0.2) is 0 Å². The molecule has 1 heterocycles. The Labute approximate surface area is 125 Å². The van der Waals surface area contributed by atoms with Crippen molar-refractivity contribution in [3.8, 4) is 0 Å². The molecule has 0 saturated heterocycles. The van der Waals surface area contributed by atoms with Crippen molar-refractivity contribution >= 4 is 0 Å². The zero-order chi connectivity index (χ0) is 14.7. The number of aryl methyl sites for hydroxylation is 1. The van der Waals surface area contributed by atoms with Crippen LogP contribution in [0.4, 0.5) is 0 Å². The molecule has 3 atom stereocenters. The zero-order valence-electron chi connectivity index (χ0n) is 12.4. The lowest BCUT2D eigenvalue weighted by atomic mass is 9.82. The van der Waals surface area contributed by atoms with E-state index in [2.05, 4.69) is 5.10 Å². The quantitative estimate of drug-likeness (QED) is 0.940. The lowest BCUT2D eigenvalue weighted by molar-refractivity contribution is -0.0767. The van der Waals surface area contributed by atoms with Crippen LogP contribution >= 0.6 is 0 Å². The highest BCUT2D eigenvalue weighted by Crippen LogP contribution is 2.34. The molecule has 21 heavy (non-hydrogen) atoms. The molecule has 1 fully saturated rings. The molecule has 2 aromatic rings. The molecule has 1 aliphatic carbocycles. The molecule has 1 aromatic heterocycles. The van der Waals surface area contributed by atoms with Gasteiger partial charge in [-0.2, -0.15) is 5.10 Å². The predicted octanol–water partition coefficient (Wildman–Crippen LogP) is 2.63. The SMILES string of the molecule is Cn1nccc1C1CCCC(OCc2ccccc2)C1O. The van der Waals surface area contributed by atoms with E-state index >= 15 is 0 Å². The first-order valence-electron chi connectivity index (χ1n) is 7.57. The summed E-state index contributed by atoms with van der Waals surface area (Å²) in [5.41, 5.74) is 2.24. The van der Waals surface area contributed by atoms with Crippen molar-refractivity contribution in [3.63, 3.8) is 0 Å². The second kappa shape index (κ2) is 6.41. The van der Waals surface area contributed by atoms with Crippen LogP contribution in [0, 0.1) is 0 Å². The highest BCUT2D eigenvalue weighted by atomic mass is 16.5. The molecular formula is C17H22N2O2. The predicted molar refractivity (Wildman–Crippen MR) is 80.8 cm³/mol. The molecule has 112 valence electrons. The van der Waals surface area contributed by atoms with Crippen LogP contribution in [-0.2, 0) is 18.4 Å². The van der Waals surface area contributed by atoms with Crippen LogP contribution in [0.3, 0.4) is 0 Å². The second-order valence-electron chi connectivity index (χ2n) is 5.74. The fourth-order valence-electron chi connectivity index (χ4n) is 3.17. The number of hydrogen-bond acceptors (Lipinski definition) is 3. The highest BCUT2D eigenvalue weighted by Gasteiger charge is 2.34. The molecule has 3 unspecified atom stereocenters. The third-order valence-electron chi connectivity index (χ3n) is 4.34. The Hall–Kier alpha value is -1.65. The smallest absolute Gasteiger partial charge is 0.0885 e. The number of hydrogen-bond donors (Lipinski definition) is 1. The third kappa shape index (κ3) is 3.17. The van der Waals surface area contributed by atoms with Crippen LogP contribution in [0.25, 0.3) is 0 Å². The van der Waals surface area contributed by atoms with E-state index in [0.717, 1.165) is 30.5 Å². The Morgan fingerprint density at radius 3 is 2.76 bits per heavy atom. The Morgan fingerprint density at radius 1 is 1.24 bits per heavy atom. The van der Waals surface area contributed by atoms with E-state index in [0.29, 0.717) is 6.61 Å². The van der Waals surface area contributed by atoms with Gasteiger partial charge in [-0.15, -0.1) is 0 Å². The summed E-state index contributed by atoms with van der Waals surface area (Å²) in [5, 5.41) is 14.8. The third-order valence-corrected chi connectivity index (χ3v) is 4.34. The van der Waals surface area contributed by atoms with Gasteiger partial charge < -0.3 is 9.84 Å². The van der Waals surface area contributed by atoms with Crippen molar-refractivity contribution in [2.24, 2.45) is 7.05 Å². The number of rotatable bonds is 4. The Balaban J connectivity index is 1.65. The van der Waals surface area contributed by atoms with Crippen LogP contribution in [0.15, 0.2) is 42.6 Å². The van der Waals surface area contributed by atoms with Crippen molar-refractivity contribution in [1.82, 2.24) is 9.78 Å². The van der Waals surface area contributed by atoms with Crippen molar-refractivity contribution in [3.05, 3.63) is 53.9 Å². The van der Waals surface area contributed by atoms with E-state index in [-0.39, 0.29) is 12.0 Å². The molecule has 1 saturated carbocycles. The molecule has 4 nitrogen and oxygen atoms in total. The molecular weight excluding hydrogens is 264 g/mol. The van der Waals surface area contributed by atoms with Crippen LogP contribution in [0.5, 0.6) is 0 Å². The number of aromatic nitrogens is 2. The summed E-state index contributed by atoms with van der Waals surface area (Å²) in [5.74, 6) is 0.118. The Kier molecular flexibility index (Phi) is 4.36. The largest absolute Gasteiger partial charge is 0.390 e. The van der Waals surface area contributed by atoms with Gasteiger partial charge in [0.05, 0.1) is 18.8 Å². The molecule has 0 bridgehead atoms. The van der Waals surface area contributed by atoms with Crippen molar-refractivity contribution in [2.45, 2.75) is 44.0 Å². The van der Waals surface area contributed by atoms with Gasteiger partial charge in [0.15, 0.2) is 0 Å². The molecule has 0 aliphatic heterocycles. The lowest BCUT2D eigenvalue weighted by Gasteiger charge is -2.34. The first-order valence-corrected chi connectivity index (χ1v) is 7.57. The minimum atomic E-state index is -0.460. The molecule has 0 amide bonds. The van der Waals surface area contributed by atoms with Crippen LogP contribution in [-0.4, -0.2) is 27.1 Å². The lowest BCUT2D eigenvalue weighted by Crippen LogP contribution is -2.38. The van der Waals surface area contributed by atoms with Gasteiger partial charge in [0.1, 0.15) is 0 Å². The average molecular weight is 286 g/mol. The summed E-state index contributed by atoms with van der Waals surface area (Å²) in [6.45, 7) is 0.556. The van der Waals surface area contributed by atoms with Crippen LogP contribution in [0.1, 0.15) is 36.4 Å². The van der Waals surface area contributed by atoms with Crippen LogP contribution in [0.2, 0.25) is 0 Å². The topological polar surface area (TPSA) is 47.3 Å². The maximum atomic E-state index is 10.6. The number of nitrogens with zero attached hydrogens (tertiary/aromatic N) is 2. The van der Waals surface area contributed by atoms with E-state index in [1.165, 1.54) is 0 Å². The molecule has 1 N–H and O–H groups in total. The normalized spacial score (nSPS) is 25.9. The summed E-state index contributed by atoms with van der Waals surface area (Å²) in [4.78, 5) is 0. The molecule has 0 radical (unpaired) electrons. The fraction of sp³-hybridized carbons (Fsp3) is 0.471. The van der Waals surface area contributed by atoms with Gasteiger partial charge in [0.25, 0.3) is 0 Å². The maximum absolute atomic E-state index is 10.6. The fourth-order valence-corrected chi connectivity index (χ4v) is 3.17. The van der Waals surface area contributed by atoms with E-state index < -0.39 is 6.10 Å². The molecule has 4 heteroatoms. The first kappa shape index (κ1) is 14.3. The highest BCUT2D eigenvalue weighted by molar-refractivity contribution is 5.14.